The molecule has 5 rings (SSSR count). The van der Waals surface area contributed by atoms with Crippen LogP contribution in [-0.4, -0.2) is 59.9 Å². The largest absolute Gasteiger partial charge is 0.480 e. The highest BCUT2D eigenvalue weighted by Crippen LogP contribution is 2.32. The first-order valence-corrected chi connectivity index (χ1v) is 11.1. The number of carbonyl (C=O) groups excluding carboxylic acids is 2. The number of likely N-dealkylation sites (tertiary alicyclic amines) is 1. The SMILES string of the molecule is COc1ccc(-c2cccc(C(=O)N3CCC(NC(=O)c4ccc5c(c4)OCO5)CC3)c2)nn1. The molecule has 2 aromatic carbocycles. The van der Waals surface area contributed by atoms with Gasteiger partial charge in [-0.1, -0.05) is 12.1 Å². The van der Waals surface area contributed by atoms with Gasteiger partial charge in [-0.15, -0.1) is 10.2 Å². The molecule has 9 heteroatoms. The Morgan fingerprint density at radius 2 is 1.79 bits per heavy atom. The van der Waals surface area contributed by atoms with Gasteiger partial charge < -0.3 is 24.4 Å². The number of ether oxygens (including phenoxy) is 3. The number of nitrogens with one attached hydrogen (secondary N) is 1. The summed E-state index contributed by atoms with van der Waals surface area (Å²) in [5, 5.41) is 11.2. The van der Waals surface area contributed by atoms with Crippen molar-refractivity contribution in [2.24, 2.45) is 0 Å². The van der Waals surface area contributed by atoms with Crippen LogP contribution in [0, 0.1) is 0 Å². The summed E-state index contributed by atoms with van der Waals surface area (Å²) in [5.74, 6) is 1.46. The van der Waals surface area contributed by atoms with E-state index in [1.165, 1.54) is 7.11 Å². The van der Waals surface area contributed by atoms with Crippen molar-refractivity contribution in [1.29, 1.82) is 0 Å². The number of hydrogen-bond donors (Lipinski definition) is 1. The lowest BCUT2D eigenvalue weighted by atomic mass is 10.0. The van der Waals surface area contributed by atoms with Crippen LogP contribution in [0.5, 0.6) is 17.4 Å². The van der Waals surface area contributed by atoms with Crippen molar-refractivity contribution in [2.45, 2.75) is 18.9 Å². The summed E-state index contributed by atoms with van der Waals surface area (Å²) in [6.07, 6.45) is 1.37. The quantitative estimate of drug-likeness (QED) is 0.625. The zero-order valence-electron chi connectivity index (χ0n) is 18.7. The molecule has 0 bridgehead atoms. The van der Waals surface area contributed by atoms with Gasteiger partial charge in [0.2, 0.25) is 12.7 Å². The Morgan fingerprint density at radius 1 is 0.971 bits per heavy atom. The second-order valence-corrected chi connectivity index (χ2v) is 8.15. The summed E-state index contributed by atoms with van der Waals surface area (Å²) in [6, 6.07) is 16.1. The van der Waals surface area contributed by atoms with Crippen molar-refractivity contribution >= 4 is 11.8 Å². The normalized spacial score (nSPS) is 15.1. The lowest BCUT2D eigenvalue weighted by Gasteiger charge is -2.32. The first-order valence-electron chi connectivity index (χ1n) is 11.1. The van der Waals surface area contributed by atoms with Crippen molar-refractivity contribution in [3.8, 4) is 28.6 Å². The summed E-state index contributed by atoms with van der Waals surface area (Å²) >= 11 is 0. The molecule has 174 valence electrons. The number of methoxy groups -OCH3 is 1. The molecule has 34 heavy (non-hydrogen) atoms. The van der Waals surface area contributed by atoms with E-state index in [0.717, 1.165) is 5.56 Å². The van der Waals surface area contributed by atoms with Gasteiger partial charge in [0, 0.05) is 41.9 Å². The van der Waals surface area contributed by atoms with E-state index >= 15 is 0 Å². The van der Waals surface area contributed by atoms with Gasteiger partial charge in [-0.05, 0) is 49.2 Å². The van der Waals surface area contributed by atoms with Crippen molar-refractivity contribution in [2.75, 3.05) is 27.0 Å². The predicted molar refractivity (Wildman–Crippen MR) is 123 cm³/mol. The fraction of sp³-hybridized carbons (Fsp3) is 0.280. The van der Waals surface area contributed by atoms with Crippen LogP contribution in [0.25, 0.3) is 11.3 Å². The first-order chi connectivity index (χ1) is 16.6. The predicted octanol–water partition coefficient (Wildman–Crippen LogP) is 2.92. The van der Waals surface area contributed by atoms with Crippen LogP contribution in [0.3, 0.4) is 0 Å². The molecule has 2 aliphatic rings. The van der Waals surface area contributed by atoms with Gasteiger partial charge >= 0.3 is 0 Å². The Morgan fingerprint density at radius 3 is 2.56 bits per heavy atom. The van der Waals surface area contributed by atoms with Gasteiger partial charge in [-0.2, -0.15) is 0 Å². The molecular formula is C25H24N4O5. The molecule has 3 heterocycles. The number of aromatic nitrogens is 2. The van der Waals surface area contributed by atoms with E-state index in [0.29, 0.717) is 60.1 Å². The number of rotatable bonds is 5. The van der Waals surface area contributed by atoms with Crippen molar-refractivity contribution in [3.63, 3.8) is 0 Å². The maximum atomic E-state index is 13.1. The van der Waals surface area contributed by atoms with Gasteiger partial charge in [-0.25, -0.2) is 0 Å². The molecule has 1 saturated heterocycles. The standard InChI is InChI=1S/C25H24N4O5/c1-32-23-8-6-20(27-28-23)16-3-2-4-18(13-16)25(31)29-11-9-19(10-12-29)26-24(30)17-5-7-21-22(14-17)34-15-33-21/h2-8,13-14,19H,9-12,15H2,1H3,(H,26,30). The molecule has 0 saturated carbocycles. The second-order valence-electron chi connectivity index (χ2n) is 8.15. The van der Waals surface area contributed by atoms with Crippen LogP contribution in [-0.2, 0) is 0 Å². The lowest BCUT2D eigenvalue weighted by Crippen LogP contribution is -2.46. The third kappa shape index (κ3) is 4.50. The number of fused-ring (bicyclic) bond motifs is 1. The molecule has 0 radical (unpaired) electrons. The molecule has 0 aliphatic carbocycles. The highest BCUT2D eigenvalue weighted by Gasteiger charge is 2.26. The zero-order valence-corrected chi connectivity index (χ0v) is 18.7. The lowest BCUT2D eigenvalue weighted by molar-refractivity contribution is 0.0698. The van der Waals surface area contributed by atoms with Gasteiger partial charge in [-0.3, -0.25) is 9.59 Å². The van der Waals surface area contributed by atoms with Gasteiger partial charge in [0.25, 0.3) is 11.8 Å². The van der Waals surface area contributed by atoms with Gasteiger partial charge in [0.05, 0.1) is 12.8 Å². The van der Waals surface area contributed by atoms with E-state index in [9.17, 15) is 9.59 Å². The van der Waals surface area contributed by atoms with Crippen LogP contribution in [0.1, 0.15) is 33.6 Å². The topological polar surface area (TPSA) is 103 Å². The van der Waals surface area contributed by atoms with E-state index in [1.807, 2.05) is 29.2 Å². The Kier molecular flexibility index (Phi) is 5.99. The van der Waals surface area contributed by atoms with E-state index in [-0.39, 0.29) is 24.6 Å². The molecule has 0 atom stereocenters. The van der Waals surface area contributed by atoms with Crippen LogP contribution < -0.4 is 19.5 Å². The third-order valence-electron chi connectivity index (χ3n) is 6.01. The average molecular weight is 460 g/mol. The highest BCUT2D eigenvalue weighted by atomic mass is 16.7. The molecule has 3 aromatic rings. The molecular weight excluding hydrogens is 436 g/mol. The minimum atomic E-state index is -0.156. The molecule has 9 nitrogen and oxygen atoms in total. The summed E-state index contributed by atoms with van der Waals surface area (Å²) in [4.78, 5) is 27.6. The minimum Gasteiger partial charge on any atom is -0.480 e. The van der Waals surface area contributed by atoms with Crippen molar-refractivity contribution in [3.05, 3.63) is 65.7 Å². The maximum Gasteiger partial charge on any atom is 0.253 e. The smallest absolute Gasteiger partial charge is 0.253 e. The Balaban J connectivity index is 1.18. The first kappa shape index (κ1) is 21.7. The summed E-state index contributed by atoms with van der Waals surface area (Å²) in [6.45, 7) is 1.30. The average Bonchev–Trinajstić information content (AvgIpc) is 3.37. The van der Waals surface area contributed by atoms with Gasteiger partial charge in [0.15, 0.2) is 11.5 Å². The number of benzene rings is 2. The van der Waals surface area contributed by atoms with Crippen molar-refractivity contribution in [1.82, 2.24) is 20.4 Å². The number of carbonyl (C=O) groups is 2. The second kappa shape index (κ2) is 9.38. The number of nitrogens with zero attached hydrogens (tertiary/aromatic N) is 3. The third-order valence-corrected chi connectivity index (χ3v) is 6.01. The molecule has 2 amide bonds. The molecule has 1 aromatic heterocycles. The molecule has 1 N–H and O–H groups in total. The monoisotopic (exact) mass is 460 g/mol. The molecule has 2 aliphatic heterocycles. The Hall–Kier alpha value is -4.14. The van der Waals surface area contributed by atoms with Crippen LogP contribution in [0.2, 0.25) is 0 Å². The van der Waals surface area contributed by atoms with E-state index in [4.69, 9.17) is 14.2 Å². The number of hydrogen-bond acceptors (Lipinski definition) is 7. The van der Waals surface area contributed by atoms with E-state index in [2.05, 4.69) is 15.5 Å². The fourth-order valence-corrected chi connectivity index (χ4v) is 4.11. The fourth-order valence-electron chi connectivity index (χ4n) is 4.11. The van der Waals surface area contributed by atoms with Crippen LogP contribution >= 0.6 is 0 Å². The van der Waals surface area contributed by atoms with Gasteiger partial charge in [0.1, 0.15) is 0 Å². The zero-order chi connectivity index (χ0) is 23.5. The molecule has 1 fully saturated rings. The number of amides is 2. The van der Waals surface area contributed by atoms with Crippen molar-refractivity contribution < 1.29 is 23.8 Å². The molecule has 0 spiro atoms. The number of piperidine rings is 1. The maximum absolute atomic E-state index is 13.1. The highest BCUT2D eigenvalue weighted by molar-refractivity contribution is 5.96. The Bertz CT molecular complexity index is 1210. The van der Waals surface area contributed by atoms with Crippen LogP contribution in [0.4, 0.5) is 0 Å². The summed E-state index contributed by atoms with van der Waals surface area (Å²) in [5.41, 5.74) is 2.60. The minimum absolute atomic E-state index is 0.00267. The Labute approximate surface area is 196 Å². The van der Waals surface area contributed by atoms with E-state index in [1.54, 1.807) is 30.3 Å². The molecule has 0 unspecified atom stereocenters. The van der Waals surface area contributed by atoms with Crippen LogP contribution in [0.15, 0.2) is 54.6 Å². The summed E-state index contributed by atoms with van der Waals surface area (Å²) < 4.78 is 15.7. The summed E-state index contributed by atoms with van der Waals surface area (Å²) in [7, 11) is 1.54. The van der Waals surface area contributed by atoms with E-state index < -0.39 is 0 Å².